The van der Waals surface area contributed by atoms with Crippen molar-refractivity contribution in [3.8, 4) is 11.3 Å². The zero-order chi connectivity index (χ0) is 16.4. The number of Topliss-reactive ketones (excluding diaryl/α,β-unsaturated/α-hetero) is 1. The van der Waals surface area contributed by atoms with Gasteiger partial charge in [-0.25, -0.2) is 0 Å². The molecule has 0 saturated carbocycles. The molecule has 1 aromatic heterocycles. The first-order valence-electron chi connectivity index (χ1n) is 7.72. The van der Waals surface area contributed by atoms with E-state index in [-0.39, 0.29) is 11.7 Å². The van der Waals surface area contributed by atoms with Crippen molar-refractivity contribution < 1.29 is 4.79 Å². The summed E-state index contributed by atoms with van der Waals surface area (Å²) in [5.74, 6) is 0.199. The first-order valence-corrected chi connectivity index (χ1v) is 8.10. The highest BCUT2D eigenvalue weighted by atomic mass is 35.5. The van der Waals surface area contributed by atoms with E-state index in [1.54, 1.807) is 0 Å². The van der Waals surface area contributed by atoms with Gasteiger partial charge in [-0.1, -0.05) is 67.9 Å². The third-order valence-corrected chi connectivity index (χ3v) is 4.25. The molecule has 1 heterocycles. The molecule has 3 rings (SSSR count). The molecule has 0 amide bonds. The maximum absolute atomic E-state index is 12.1. The quantitative estimate of drug-likeness (QED) is 0.650. The molecule has 0 spiro atoms. The molecule has 0 radical (unpaired) electrons. The molecule has 0 unspecified atom stereocenters. The molecule has 0 atom stereocenters. The third kappa shape index (κ3) is 3.27. The highest BCUT2D eigenvalue weighted by Crippen LogP contribution is 2.32. The predicted octanol–water partition coefficient (Wildman–Crippen LogP) is 5.32. The molecule has 2 nitrogen and oxygen atoms in total. The Balaban J connectivity index is 2.19. The minimum absolute atomic E-state index is 0.00651. The fourth-order valence-electron chi connectivity index (χ4n) is 2.59. The van der Waals surface area contributed by atoms with Crippen LogP contribution >= 0.6 is 11.6 Å². The second-order valence-corrected chi connectivity index (χ2v) is 6.37. The Morgan fingerprint density at radius 3 is 2.52 bits per heavy atom. The molecular formula is C20H18ClNO. The zero-order valence-electron chi connectivity index (χ0n) is 13.2. The lowest BCUT2D eigenvalue weighted by Gasteiger charge is -2.11. The number of ketones is 1. The normalized spacial score (nSPS) is 11.1. The van der Waals surface area contributed by atoms with E-state index in [0.29, 0.717) is 11.4 Å². The van der Waals surface area contributed by atoms with Crippen molar-refractivity contribution in [1.29, 1.82) is 0 Å². The van der Waals surface area contributed by atoms with E-state index in [9.17, 15) is 4.79 Å². The number of pyridine rings is 1. The molecule has 3 aromatic rings. The van der Waals surface area contributed by atoms with Crippen LogP contribution in [-0.4, -0.2) is 10.8 Å². The van der Waals surface area contributed by atoms with Crippen LogP contribution in [0.15, 0.2) is 54.6 Å². The molecule has 0 aliphatic carbocycles. The van der Waals surface area contributed by atoms with Crippen LogP contribution in [0.4, 0.5) is 0 Å². The first-order chi connectivity index (χ1) is 11.1. The van der Waals surface area contributed by atoms with Crippen LogP contribution in [0.5, 0.6) is 0 Å². The standard InChI is InChI=1S/C20H18ClNO/c1-13(2)19(23)12-15-11-14-7-3-4-8-16(14)20(22-15)17-9-5-6-10-18(17)21/h3-11,13H,12H2,1-2H3. The summed E-state index contributed by atoms with van der Waals surface area (Å²) in [4.78, 5) is 16.8. The smallest absolute Gasteiger partial charge is 0.141 e. The summed E-state index contributed by atoms with van der Waals surface area (Å²) in [7, 11) is 0. The number of carbonyl (C=O) groups is 1. The van der Waals surface area contributed by atoms with Crippen LogP contribution in [-0.2, 0) is 11.2 Å². The summed E-state index contributed by atoms with van der Waals surface area (Å²) in [5, 5.41) is 2.78. The highest BCUT2D eigenvalue weighted by molar-refractivity contribution is 6.33. The van der Waals surface area contributed by atoms with E-state index >= 15 is 0 Å². The molecule has 0 aliphatic heterocycles. The summed E-state index contributed by atoms with van der Waals surface area (Å²) in [6.45, 7) is 3.83. The summed E-state index contributed by atoms with van der Waals surface area (Å²) in [5.41, 5.74) is 2.52. The van der Waals surface area contributed by atoms with Gasteiger partial charge in [-0.05, 0) is 17.5 Å². The maximum atomic E-state index is 12.1. The Labute approximate surface area is 141 Å². The number of aromatic nitrogens is 1. The molecule has 116 valence electrons. The van der Waals surface area contributed by atoms with Gasteiger partial charge in [0, 0.05) is 34.0 Å². The minimum Gasteiger partial charge on any atom is -0.299 e. The largest absolute Gasteiger partial charge is 0.299 e. The summed E-state index contributed by atoms with van der Waals surface area (Å²) >= 11 is 6.36. The summed E-state index contributed by atoms with van der Waals surface area (Å²) < 4.78 is 0. The lowest BCUT2D eigenvalue weighted by molar-refractivity contribution is -0.121. The first kappa shape index (κ1) is 15.7. The Kier molecular flexibility index (Phi) is 4.44. The maximum Gasteiger partial charge on any atom is 0.141 e. The van der Waals surface area contributed by atoms with Crippen molar-refractivity contribution in [3.63, 3.8) is 0 Å². The number of rotatable bonds is 4. The van der Waals surface area contributed by atoms with Gasteiger partial charge in [0.25, 0.3) is 0 Å². The van der Waals surface area contributed by atoms with Gasteiger partial charge in [-0.3, -0.25) is 9.78 Å². The van der Waals surface area contributed by atoms with E-state index in [0.717, 1.165) is 27.7 Å². The Hall–Kier alpha value is -2.19. The Bertz CT molecular complexity index is 870. The van der Waals surface area contributed by atoms with Crippen LogP contribution in [0, 0.1) is 5.92 Å². The van der Waals surface area contributed by atoms with Gasteiger partial charge in [0.15, 0.2) is 0 Å². The van der Waals surface area contributed by atoms with E-state index in [4.69, 9.17) is 16.6 Å². The van der Waals surface area contributed by atoms with Gasteiger partial charge in [0.05, 0.1) is 5.69 Å². The van der Waals surface area contributed by atoms with E-state index in [1.165, 1.54) is 0 Å². The van der Waals surface area contributed by atoms with Crippen molar-refractivity contribution in [2.75, 3.05) is 0 Å². The van der Waals surface area contributed by atoms with Crippen LogP contribution < -0.4 is 0 Å². The van der Waals surface area contributed by atoms with Gasteiger partial charge in [-0.15, -0.1) is 0 Å². The highest BCUT2D eigenvalue weighted by Gasteiger charge is 2.14. The molecule has 0 N–H and O–H groups in total. The predicted molar refractivity (Wildman–Crippen MR) is 95.7 cm³/mol. The molecule has 2 aromatic carbocycles. The number of hydrogen-bond acceptors (Lipinski definition) is 2. The van der Waals surface area contributed by atoms with Crippen molar-refractivity contribution in [3.05, 3.63) is 65.3 Å². The van der Waals surface area contributed by atoms with Crippen molar-refractivity contribution in [2.45, 2.75) is 20.3 Å². The molecule has 0 bridgehead atoms. The fourth-order valence-corrected chi connectivity index (χ4v) is 2.81. The van der Waals surface area contributed by atoms with Crippen LogP contribution in [0.3, 0.4) is 0 Å². The van der Waals surface area contributed by atoms with Gasteiger partial charge in [0.2, 0.25) is 0 Å². The number of benzene rings is 2. The molecule has 23 heavy (non-hydrogen) atoms. The molecular weight excluding hydrogens is 306 g/mol. The number of carbonyl (C=O) groups excluding carboxylic acids is 1. The van der Waals surface area contributed by atoms with E-state index < -0.39 is 0 Å². The second kappa shape index (κ2) is 6.51. The molecule has 0 fully saturated rings. The van der Waals surface area contributed by atoms with E-state index in [2.05, 4.69) is 0 Å². The van der Waals surface area contributed by atoms with E-state index in [1.807, 2.05) is 68.4 Å². The SMILES string of the molecule is CC(C)C(=O)Cc1cc2ccccc2c(-c2ccccc2Cl)n1. The lowest BCUT2D eigenvalue weighted by atomic mass is 9.99. The van der Waals surface area contributed by atoms with Gasteiger partial charge in [0.1, 0.15) is 5.78 Å². The van der Waals surface area contributed by atoms with Crippen LogP contribution in [0.25, 0.3) is 22.0 Å². The number of halogens is 1. The topological polar surface area (TPSA) is 30.0 Å². The average Bonchev–Trinajstić information content (AvgIpc) is 2.54. The number of hydrogen-bond donors (Lipinski definition) is 0. The van der Waals surface area contributed by atoms with Gasteiger partial charge < -0.3 is 0 Å². The Morgan fingerprint density at radius 1 is 1.09 bits per heavy atom. The van der Waals surface area contributed by atoms with Crippen LogP contribution in [0.2, 0.25) is 5.02 Å². The summed E-state index contributed by atoms with van der Waals surface area (Å²) in [6.07, 6.45) is 0.347. The van der Waals surface area contributed by atoms with Crippen molar-refractivity contribution in [2.24, 2.45) is 5.92 Å². The molecule has 0 aliphatic rings. The molecule has 0 saturated heterocycles. The zero-order valence-corrected chi connectivity index (χ0v) is 14.0. The fraction of sp³-hybridized carbons (Fsp3) is 0.200. The average molecular weight is 324 g/mol. The van der Waals surface area contributed by atoms with Crippen molar-refractivity contribution in [1.82, 2.24) is 4.98 Å². The minimum atomic E-state index is 0.00651. The number of nitrogens with zero attached hydrogens (tertiary/aromatic N) is 1. The van der Waals surface area contributed by atoms with Gasteiger partial charge in [-0.2, -0.15) is 0 Å². The lowest BCUT2D eigenvalue weighted by Crippen LogP contribution is -2.11. The van der Waals surface area contributed by atoms with Gasteiger partial charge >= 0.3 is 0 Å². The Morgan fingerprint density at radius 2 is 1.78 bits per heavy atom. The molecule has 3 heteroatoms. The van der Waals surface area contributed by atoms with Crippen molar-refractivity contribution >= 4 is 28.2 Å². The third-order valence-electron chi connectivity index (χ3n) is 3.92. The van der Waals surface area contributed by atoms with Crippen LogP contribution in [0.1, 0.15) is 19.5 Å². The monoisotopic (exact) mass is 323 g/mol. The summed E-state index contributed by atoms with van der Waals surface area (Å²) in [6, 6.07) is 17.7. The number of fused-ring (bicyclic) bond motifs is 1. The second-order valence-electron chi connectivity index (χ2n) is 5.96.